The van der Waals surface area contributed by atoms with E-state index in [1.807, 2.05) is 20.8 Å². The number of nitrogens with one attached hydrogen (secondary N) is 1. The summed E-state index contributed by atoms with van der Waals surface area (Å²) in [5.41, 5.74) is 0. The normalized spacial score (nSPS) is 12.3. The van der Waals surface area contributed by atoms with Crippen LogP contribution in [0.25, 0.3) is 0 Å². The number of carbonyl (C=O) groups excluding carboxylic acids is 1. The van der Waals surface area contributed by atoms with Gasteiger partial charge < -0.3 is 15.2 Å². The molecule has 0 radical (unpaired) electrons. The van der Waals surface area contributed by atoms with Crippen molar-refractivity contribution in [3.8, 4) is 5.75 Å². The van der Waals surface area contributed by atoms with Crippen molar-refractivity contribution in [2.45, 2.75) is 33.2 Å². The first-order valence-electron chi connectivity index (χ1n) is 6.03. The molecule has 0 aliphatic rings. The molecule has 1 rings (SSSR count). The Hall–Kier alpha value is -1.56. The predicted molar refractivity (Wildman–Crippen MR) is 74.0 cm³/mol. The molecule has 5 nitrogen and oxygen atoms in total. The lowest BCUT2D eigenvalue weighted by atomic mass is 10.0. The van der Waals surface area contributed by atoms with Crippen LogP contribution in [0, 0.1) is 12.8 Å². The van der Waals surface area contributed by atoms with E-state index in [1.165, 1.54) is 18.4 Å². The highest BCUT2D eigenvalue weighted by molar-refractivity contribution is 7.14. The van der Waals surface area contributed by atoms with Gasteiger partial charge in [-0.15, -0.1) is 11.3 Å². The van der Waals surface area contributed by atoms with E-state index in [1.54, 1.807) is 6.07 Å². The third-order valence-electron chi connectivity index (χ3n) is 2.56. The second-order valence-corrected chi connectivity index (χ2v) is 6.00. The molecule has 1 amide bonds. The Morgan fingerprint density at radius 1 is 1.47 bits per heavy atom. The van der Waals surface area contributed by atoms with E-state index in [9.17, 15) is 9.59 Å². The van der Waals surface area contributed by atoms with Crippen LogP contribution < -0.4 is 10.1 Å². The third-order valence-corrected chi connectivity index (χ3v) is 3.59. The van der Waals surface area contributed by atoms with Crippen molar-refractivity contribution in [2.24, 2.45) is 5.92 Å². The molecule has 0 saturated heterocycles. The van der Waals surface area contributed by atoms with Crippen molar-refractivity contribution < 1.29 is 19.4 Å². The molecular weight excluding hydrogens is 266 g/mol. The molecule has 0 saturated carbocycles. The van der Waals surface area contributed by atoms with Crippen molar-refractivity contribution in [3.05, 3.63) is 15.8 Å². The first-order valence-corrected chi connectivity index (χ1v) is 6.84. The summed E-state index contributed by atoms with van der Waals surface area (Å²) >= 11 is 1.29. The molecule has 0 aromatic carbocycles. The van der Waals surface area contributed by atoms with E-state index < -0.39 is 17.9 Å². The van der Waals surface area contributed by atoms with Gasteiger partial charge in [0, 0.05) is 4.88 Å². The fourth-order valence-corrected chi connectivity index (χ4v) is 2.60. The van der Waals surface area contributed by atoms with E-state index >= 15 is 0 Å². The number of aliphatic carboxylic acids is 1. The van der Waals surface area contributed by atoms with E-state index in [4.69, 9.17) is 9.84 Å². The van der Waals surface area contributed by atoms with Crippen LogP contribution in [-0.2, 0) is 4.79 Å². The molecule has 0 bridgehead atoms. The van der Waals surface area contributed by atoms with Gasteiger partial charge in [0.25, 0.3) is 5.91 Å². The van der Waals surface area contributed by atoms with E-state index in [-0.39, 0.29) is 5.92 Å². The van der Waals surface area contributed by atoms with Gasteiger partial charge in [0.1, 0.15) is 16.7 Å². The average molecular weight is 285 g/mol. The Labute approximate surface area is 116 Å². The van der Waals surface area contributed by atoms with Gasteiger partial charge in [-0.25, -0.2) is 4.79 Å². The quantitative estimate of drug-likeness (QED) is 0.841. The predicted octanol–water partition coefficient (Wildman–Crippen LogP) is 2.29. The Bertz CT molecular complexity index is 467. The number of ether oxygens (including phenoxy) is 1. The smallest absolute Gasteiger partial charge is 0.326 e. The molecule has 0 aliphatic carbocycles. The molecule has 0 unspecified atom stereocenters. The molecule has 0 aliphatic heterocycles. The molecular formula is C13H19NO4S. The fraction of sp³-hybridized carbons (Fsp3) is 0.538. The largest absolute Gasteiger partial charge is 0.495 e. The summed E-state index contributed by atoms with van der Waals surface area (Å²) in [6.45, 7) is 5.70. The molecule has 6 heteroatoms. The number of carboxylic acids is 1. The van der Waals surface area contributed by atoms with Gasteiger partial charge in [-0.1, -0.05) is 13.8 Å². The van der Waals surface area contributed by atoms with Crippen LogP contribution in [0.4, 0.5) is 0 Å². The summed E-state index contributed by atoms with van der Waals surface area (Å²) in [5.74, 6) is -0.751. The summed E-state index contributed by atoms with van der Waals surface area (Å²) in [5, 5.41) is 11.7. The second kappa shape index (κ2) is 6.56. The molecule has 0 spiro atoms. The topological polar surface area (TPSA) is 75.6 Å². The molecule has 0 fully saturated rings. The van der Waals surface area contributed by atoms with Gasteiger partial charge in [0.2, 0.25) is 0 Å². The van der Waals surface area contributed by atoms with Gasteiger partial charge in [0.15, 0.2) is 0 Å². The molecule has 1 heterocycles. The van der Waals surface area contributed by atoms with Gasteiger partial charge in [0.05, 0.1) is 7.11 Å². The Morgan fingerprint density at radius 3 is 2.58 bits per heavy atom. The minimum absolute atomic E-state index is 0.188. The third kappa shape index (κ3) is 4.24. The molecule has 19 heavy (non-hydrogen) atoms. The van der Waals surface area contributed by atoms with Crippen molar-refractivity contribution in [2.75, 3.05) is 7.11 Å². The molecule has 1 atom stereocenters. The first-order chi connectivity index (χ1) is 8.85. The SMILES string of the molecule is COc1cc(C)sc1C(=O)N[C@H](CC(C)C)C(=O)O. The number of hydrogen-bond acceptors (Lipinski definition) is 4. The highest BCUT2D eigenvalue weighted by Crippen LogP contribution is 2.28. The zero-order valence-electron chi connectivity index (χ0n) is 11.5. The van der Waals surface area contributed by atoms with Crippen LogP contribution in [-0.4, -0.2) is 30.1 Å². The number of thiophene rings is 1. The molecule has 106 valence electrons. The second-order valence-electron chi connectivity index (χ2n) is 4.75. The lowest BCUT2D eigenvalue weighted by molar-refractivity contribution is -0.139. The Morgan fingerprint density at radius 2 is 2.11 bits per heavy atom. The lowest BCUT2D eigenvalue weighted by Crippen LogP contribution is -2.41. The highest BCUT2D eigenvalue weighted by Gasteiger charge is 2.24. The van der Waals surface area contributed by atoms with Crippen LogP contribution in [0.15, 0.2) is 6.07 Å². The van der Waals surface area contributed by atoms with E-state index in [0.717, 1.165) is 4.88 Å². The van der Waals surface area contributed by atoms with Crippen LogP contribution in [0.3, 0.4) is 0 Å². The molecule has 1 aromatic rings. The number of carbonyl (C=O) groups is 2. The average Bonchev–Trinajstić information content (AvgIpc) is 2.68. The number of amides is 1. The van der Waals surface area contributed by atoms with Gasteiger partial charge in [-0.2, -0.15) is 0 Å². The minimum atomic E-state index is -1.02. The van der Waals surface area contributed by atoms with Crippen LogP contribution in [0.1, 0.15) is 34.8 Å². The lowest BCUT2D eigenvalue weighted by Gasteiger charge is -2.16. The number of hydrogen-bond donors (Lipinski definition) is 2. The fourth-order valence-electron chi connectivity index (χ4n) is 1.72. The Kier molecular flexibility index (Phi) is 5.35. The maximum atomic E-state index is 12.1. The summed E-state index contributed by atoms with van der Waals surface area (Å²) in [4.78, 5) is 24.6. The molecule has 1 aromatic heterocycles. The van der Waals surface area contributed by atoms with Crippen LogP contribution >= 0.6 is 11.3 Å². The minimum Gasteiger partial charge on any atom is -0.495 e. The molecule has 2 N–H and O–H groups in total. The standard InChI is InChI=1S/C13H19NO4S/c1-7(2)5-9(13(16)17)14-12(15)11-10(18-4)6-8(3)19-11/h6-7,9H,5H2,1-4H3,(H,14,15)(H,16,17)/t9-/m1/s1. The number of methoxy groups -OCH3 is 1. The van der Waals surface area contributed by atoms with Gasteiger partial charge >= 0.3 is 5.97 Å². The summed E-state index contributed by atoms with van der Waals surface area (Å²) in [6, 6.07) is 0.886. The number of carboxylic acid groups (broad SMARTS) is 1. The first kappa shape index (κ1) is 15.5. The van der Waals surface area contributed by atoms with Crippen molar-refractivity contribution in [3.63, 3.8) is 0 Å². The van der Waals surface area contributed by atoms with Gasteiger partial charge in [-0.05, 0) is 25.3 Å². The van der Waals surface area contributed by atoms with Crippen molar-refractivity contribution >= 4 is 23.2 Å². The van der Waals surface area contributed by atoms with Gasteiger partial charge in [-0.3, -0.25) is 4.79 Å². The summed E-state index contributed by atoms with van der Waals surface area (Å²) in [7, 11) is 1.49. The summed E-state index contributed by atoms with van der Waals surface area (Å²) < 4.78 is 5.11. The number of aryl methyl sites for hydroxylation is 1. The summed E-state index contributed by atoms with van der Waals surface area (Å²) in [6.07, 6.45) is 0.397. The van der Waals surface area contributed by atoms with Crippen molar-refractivity contribution in [1.29, 1.82) is 0 Å². The maximum absolute atomic E-state index is 12.1. The monoisotopic (exact) mass is 285 g/mol. The van der Waals surface area contributed by atoms with Crippen molar-refractivity contribution in [1.82, 2.24) is 5.32 Å². The number of rotatable bonds is 6. The zero-order valence-corrected chi connectivity index (χ0v) is 12.3. The van der Waals surface area contributed by atoms with E-state index in [2.05, 4.69) is 5.32 Å². The van der Waals surface area contributed by atoms with Crippen LogP contribution in [0.5, 0.6) is 5.75 Å². The zero-order chi connectivity index (χ0) is 14.6. The maximum Gasteiger partial charge on any atom is 0.326 e. The Balaban J connectivity index is 2.84. The van der Waals surface area contributed by atoms with Crippen LogP contribution in [0.2, 0.25) is 0 Å². The highest BCUT2D eigenvalue weighted by atomic mass is 32.1. The van der Waals surface area contributed by atoms with E-state index in [0.29, 0.717) is 17.0 Å².